The topological polar surface area (TPSA) is 65.3 Å². The molecular weight excluding hydrogens is 240 g/mol. The summed E-state index contributed by atoms with van der Waals surface area (Å²) in [6.45, 7) is 2.64. The van der Waals surface area contributed by atoms with Gasteiger partial charge in [-0.05, 0) is 50.9 Å². The molecule has 19 heavy (non-hydrogen) atoms. The van der Waals surface area contributed by atoms with Gasteiger partial charge in [-0.3, -0.25) is 0 Å². The lowest BCUT2D eigenvalue weighted by molar-refractivity contribution is 0.288. The summed E-state index contributed by atoms with van der Waals surface area (Å²) < 4.78 is 5.62. The maximum absolute atomic E-state index is 9.01. The maximum atomic E-state index is 9.01. The predicted molar refractivity (Wildman–Crippen MR) is 75.0 cm³/mol. The summed E-state index contributed by atoms with van der Waals surface area (Å²) in [6.07, 6.45) is 2.24. The Morgan fingerprint density at radius 1 is 1.37 bits per heavy atom. The van der Waals surface area contributed by atoms with Gasteiger partial charge in [-0.25, -0.2) is 0 Å². The molecule has 0 bridgehead atoms. The normalized spacial score (nSPS) is 13.6. The van der Waals surface area contributed by atoms with E-state index < -0.39 is 5.54 Å². The Balaban J connectivity index is 2.32. The van der Waals surface area contributed by atoms with Gasteiger partial charge in [-0.15, -0.1) is 0 Å². The minimum Gasteiger partial charge on any atom is -0.494 e. The molecule has 0 aliphatic rings. The molecule has 2 N–H and O–H groups in total. The van der Waals surface area contributed by atoms with Gasteiger partial charge in [0, 0.05) is 6.61 Å². The lowest BCUT2D eigenvalue weighted by atomic mass is 9.98. The van der Waals surface area contributed by atoms with Crippen LogP contribution >= 0.6 is 0 Å². The summed E-state index contributed by atoms with van der Waals surface area (Å²) in [5.74, 6) is 0.824. The first-order chi connectivity index (χ1) is 9.13. The summed E-state index contributed by atoms with van der Waals surface area (Å²) in [5.41, 5.74) is 0.621. The highest BCUT2D eigenvalue weighted by molar-refractivity contribution is 5.27. The Labute approximate surface area is 115 Å². The Morgan fingerprint density at radius 2 is 2.05 bits per heavy atom. The van der Waals surface area contributed by atoms with E-state index in [1.807, 2.05) is 31.2 Å². The van der Waals surface area contributed by atoms with Crippen LogP contribution in [0.4, 0.5) is 0 Å². The molecule has 104 valence electrons. The van der Waals surface area contributed by atoms with Crippen molar-refractivity contribution in [1.29, 1.82) is 5.26 Å². The second kappa shape index (κ2) is 7.78. The third kappa shape index (κ3) is 5.29. The van der Waals surface area contributed by atoms with Crippen LogP contribution in [0.25, 0.3) is 0 Å². The molecule has 0 aliphatic carbocycles. The van der Waals surface area contributed by atoms with Crippen LogP contribution < -0.4 is 10.1 Å². The quantitative estimate of drug-likeness (QED) is 0.702. The van der Waals surface area contributed by atoms with Crippen molar-refractivity contribution in [2.75, 3.05) is 20.3 Å². The number of aliphatic hydroxyl groups is 1. The minimum atomic E-state index is -0.478. The fraction of sp³-hybridized carbons (Fsp3) is 0.533. The van der Waals surface area contributed by atoms with Crippen molar-refractivity contribution in [3.05, 3.63) is 29.8 Å². The van der Waals surface area contributed by atoms with Crippen LogP contribution in [-0.4, -0.2) is 30.9 Å². The molecule has 1 unspecified atom stereocenters. The van der Waals surface area contributed by atoms with Gasteiger partial charge in [-0.2, -0.15) is 5.26 Å². The zero-order chi connectivity index (χ0) is 14.1. The number of nitrogens with one attached hydrogen (secondary N) is 1. The number of aliphatic hydroxyl groups excluding tert-OH is 1. The van der Waals surface area contributed by atoms with Crippen molar-refractivity contribution in [3.63, 3.8) is 0 Å². The number of hydrogen-bond acceptors (Lipinski definition) is 4. The van der Waals surface area contributed by atoms with Crippen LogP contribution in [0, 0.1) is 11.3 Å². The molecule has 0 amide bonds. The third-order valence-electron chi connectivity index (χ3n) is 3.21. The molecule has 1 atom stereocenters. The predicted octanol–water partition coefficient (Wildman–Crippen LogP) is 1.88. The summed E-state index contributed by atoms with van der Waals surface area (Å²) in [4.78, 5) is 0. The third-order valence-corrected chi connectivity index (χ3v) is 3.21. The van der Waals surface area contributed by atoms with Crippen LogP contribution in [0.15, 0.2) is 24.3 Å². The van der Waals surface area contributed by atoms with E-state index in [2.05, 4.69) is 11.4 Å². The van der Waals surface area contributed by atoms with E-state index in [0.29, 0.717) is 13.0 Å². The molecule has 4 heteroatoms. The van der Waals surface area contributed by atoms with Crippen LogP contribution in [-0.2, 0) is 6.42 Å². The molecule has 0 saturated heterocycles. The maximum Gasteiger partial charge on any atom is 0.119 e. The van der Waals surface area contributed by atoms with Gasteiger partial charge in [0.15, 0.2) is 0 Å². The summed E-state index contributed by atoms with van der Waals surface area (Å²) in [6, 6.07) is 9.99. The Kier molecular flexibility index (Phi) is 6.34. The fourth-order valence-electron chi connectivity index (χ4n) is 1.73. The number of nitriles is 1. The fourth-order valence-corrected chi connectivity index (χ4v) is 1.73. The molecule has 1 aromatic carbocycles. The second-order valence-electron chi connectivity index (χ2n) is 4.76. The monoisotopic (exact) mass is 262 g/mol. The minimum absolute atomic E-state index is 0.164. The number of rotatable bonds is 8. The summed E-state index contributed by atoms with van der Waals surface area (Å²) in [5, 5.41) is 20.8. The van der Waals surface area contributed by atoms with Crippen molar-refractivity contribution >= 4 is 0 Å². The van der Waals surface area contributed by atoms with E-state index in [9.17, 15) is 0 Å². The van der Waals surface area contributed by atoms with Gasteiger partial charge in [0.05, 0.1) is 12.7 Å². The highest BCUT2D eigenvalue weighted by Gasteiger charge is 2.19. The summed E-state index contributed by atoms with van der Waals surface area (Å²) >= 11 is 0. The molecule has 0 aliphatic heterocycles. The van der Waals surface area contributed by atoms with Crippen LogP contribution in [0.2, 0.25) is 0 Å². The average molecular weight is 262 g/mol. The second-order valence-corrected chi connectivity index (χ2v) is 4.76. The van der Waals surface area contributed by atoms with E-state index in [1.54, 1.807) is 7.05 Å². The van der Waals surface area contributed by atoms with Crippen LogP contribution in [0.3, 0.4) is 0 Å². The zero-order valence-corrected chi connectivity index (χ0v) is 11.6. The van der Waals surface area contributed by atoms with E-state index in [1.165, 1.54) is 0 Å². The lowest BCUT2D eigenvalue weighted by Crippen LogP contribution is -2.38. The van der Waals surface area contributed by atoms with Gasteiger partial charge >= 0.3 is 0 Å². The van der Waals surface area contributed by atoms with Crippen molar-refractivity contribution in [3.8, 4) is 11.8 Å². The number of nitrogens with zero attached hydrogens (tertiary/aromatic N) is 1. The molecule has 0 heterocycles. The smallest absolute Gasteiger partial charge is 0.119 e. The SMILES string of the molecule is CNC(C)(C#N)CCCOc1ccc(CCO)cc1. The van der Waals surface area contributed by atoms with Crippen molar-refractivity contribution in [1.82, 2.24) is 5.32 Å². The Morgan fingerprint density at radius 3 is 2.58 bits per heavy atom. The molecule has 4 nitrogen and oxygen atoms in total. The lowest BCUT2D eigenvalue weighted by Gasteiger charge is -2.20. The van der Waals surface area contributed by atoms with Gasteiger partial charge in [0.25, 0.3) is 0 Å². The van der Waals surface area contributed by atoms with Crippen LogP contribution in [0.5, 0.6) is 5.75 Å². The highest BCUT2D eigenvalue weighted by Crippen LogP contribution is 2.15. The largest absolute Gasteiger partial charge is 0.494 e. The highest BCUT2D eigenvalue weighted by atomic mass is 16.5. The summed E-state index contributed by atoms with van der Waals surface area (Å²) in [7, 11) is 1.80. The van der Waals surface area contributed by atoms with E-state index >= 15 is 0 Å². The Bertz CT molecular complexity index is 411. The van der Waals surface area contributed by atoms with Crippen molar-refractivity contribution < 1.29 is 9.84 Å². The van der Waals surface area contributed by atoms with E-state index in [-0.39, 0.29) is 6.61 Å². The number of ether oxygens (including phenoxy) is 1. The standard InChI is InChI=1S/C15H22N2O2/c1-15(12-16,17-2)9-3-11-19-14-6-4-13(5-7-14)8-10-18/h4-7,17-18H,3,8-11H2,1-2H3. The first-order valence-corrected chi connectivity index (χ1v) is 6.56. The molecule has 0 fully saturated rings. The van der Waals surface area contributed by atoms with Crippen molar-refractivity contribution in [2.24, 2.45) is 0 Å². The van der Waals surface area contributed by atoms with E-state index in [4.69, 9.17) is 15.1 Å². The van der Waals surface area contributed by atoms with Gasteiger partial charge in [-0.1, -0.05) is 12.1 Å². The molecule has 1 rings (SSSR count). The molecule has 0 radical (unpaired) electrons. The van der Waals surface area contributed by atoms with Crippen molar-refractivity contribution in [2.45, 2.75) is 31.7 Å². The molecular formula is C15H22N2O2. The Hall–Kier alpha value is -1.57. The number of benzene rings is 1. The average Bonchev–Trinajstić information content (AvgIpc) is 2.45. The van der Waals surface area contributed by atoms with E-state index in [0.717, 1.165) is 24.2 Å². The first-order valence-electron chi connectivity index (χ1n) is 6.56. The first kappa shape index (κ1) is 15.5. The van der Waals surface area contributed by atoms with Crippen LogP contribution in [0.1, 0.15) is 25.3 Å². The van der Waals surface area contributed by atoms with Gasteiger partial charge in [0.2, 0.25) is 0 Å². The molecule has 0 saturated carbocycles. The van der Waals surface area contributed by atoms with Gasteiger partial charge in [0.1, 0.15) is 11.3 Å². The molecule has 0 aromatic heterocycles. The molecule has 1 aromatic rings. The molecule has 0 spiro atoms. The zero-order valence-electron chi connectivity index (χ0n) is 11.6. The van der Waals surface area contributed by atoms with Gasteiger partial charge < -0.3 is 15.2 Å². The number of hydrogen-bond donors (Lipinski definition) is 2.